The maximum absolute atomic E-state index is 11.8. The highest BCUT2D eigenvalue weighted by Gasteiger charge is 2.26. The molecule has 0 aromatic rings. The summed E-state index contributed by atoms with van der Waals surface area (Å²) in [7, 11) is 0. The molecule has 0 unspecified atom stereocenters. The summed E-state index contributed by atoms with van der Waals surface area (Å²) in [5, 5.41) is 13.9. The SMILES string of the molecule is CCCCNC(=O)NC(=O)CN(CCCO)C1CCC1. The van der Waals surface area contributed by atoms with Gasteiger partial charge in [-0.3, -0.25) is 15.0 Å². The molecule has 0 radical (unpaired) electrons. The average molecular weight is 285 g/mol. The van der Waals surface area contributed by atoms with E-state index in [1.807, 2.05) is 6.92 Å². The number of rotatable bonds is 9. The van der Waals surface area contributed by atoms with Crippen molar-refractivity contribution in [2.75, 3.05) is 26.2 Å². The van der Waals surface area contributed by atoms with E-state index in [-0.39, 0.29) is 19.1 Å². The van der Waals surface area contributed by atoms with Crippen molar-refractivity contribution in [3.8, 4) is 0 Å². The van der Waals surface area contributed by atoms with E-state index >= 15 is 0 Å². The van der Waals surface area contributed by atoms with E-state index in [9.17, 15) is 9.59 Å². The van der Waals surface area contributed by atoms with Gasteiger partial charge in [-0.2, -0.15) is 0 Å². The van der Waals surface area contributed by atoms with Gasteiger partial charge < -0.3 is 10.4 Å². The fourth-order valence-electron chi connectivity index (χ4n) is 2.19. The summed E-state index contributed by atoms with van der Waals surface area (Å²) in [6.45, 7) is 3.69. The van der Waals surface area contributed by atoms with E-state index in [1.54, 1.807) is 0 Å². The lowest BCUT2D eigenvalue weighted by atomic mass is 9.91. The summed E-state index contributed by atoms with van der Waals surface area (Å²) >= 11 is 0. The number of carbonyl (C=O) groups excluding carboxylic acids is 2. The van der Waals surface area contributed by atoms with Gasteiger partial charge in [-0.05, 0) is 25.7 Å². The minimum atomic E-state index is -0.417. The molecule has 1 aliphatic carbocycles. The lowest BCUT2D eigenvalue weighted by Gasteiger charge is -2.37. The third kappa shape index (κ3) is 6.34. The molecule has 1 rings (SSSR count). The highest BCUT2D eigenvalue weighted by molar-refractivity contribution is 5.95. The molecule has 0 aliphatic heterocycles. The first-order valence-corrected chi connectivity index (χ1v) is 7.60. The zero-order valence-electron chi connectivity index (χ0n) is 12.4. The first kappa shape index (κ1) is 16.9. The van der Waals surface area contributed by atoms with Crippen molar-refractivity contribution >= 4 is 11.9 Å². The minimum Gasteiger partial charge on any atom is -0.396 e. The Morgan fingerprint density at radius 1 is 1.30 bits per heavy atom. The van der Waals surface area contributed by atoms with Gasteiger partial charge in [-0.15, -0.1) is 0 Å². The highest BCUT2D eigenvalue weighted by Crippen LogP contribution is 2.24. The number of hydrogen-bond donors (Lipinski definition) is 3. The van der Waals surface area contributed by atoms with Crippen molar-refractivity contribution in [1.29, 1.82) is 0 Å². The van der Waals surface area contributed by atoms with Gasteiger partial charge >= 0.3 is 6.03 Å². The van der Waals surface area contributed by atoms with Crippen LogP contribution in [0.2, 0.25) is 0 Å². The van der Waals surface area contributed by atoms with Crippen LogP contribution in [0.3, 0.4) is 0 Å². The fraction of sp³-hybridized carbons (Fsp3) is 0.857. The standard InChI is InChI=1S/C14H27N3O3/c1-2-3-8-15-14(20)16-13(19)11-17(9-5-10-18)12-6-4-7-12/h12,18H,2-11H2,1H3,(H2,15,16,19,20). The van der Waals surface area contributed by atoms with Crippen LogP contribution in [0.15, 0.2) is 0 Å². The summed E-state index contributed by atoms with van der Waals surface area (Å²) in [6, 6.07) is 0.00891. The molecule has 1 aliphatic rings. The van der Waals surface area contributed by atoms with Crippen LogP contribution >= 0.6 is 0 Å². The number of urea groups is 1. The third-order valence-electron chi connectivity index (χ3n) is 3.61. The first-order valence-electron chi connectivity index (χ1n) is 7.60. The Hall–Kier alpha value is -1.14. The van der Waals surface area contributed by atoms with E-state index in [0.717, 1.165) is 25.7 Å². The number of amides is 3. The van der Waals surface area contributed by atoms with Crippen molar-refractivity contribution in [2.24, 2.45) is 0 Å². The number of hydrogen-bond acceptors (Lipinski definition) is 4. The van der Waals surface area contributed by atoms with Gasteiger partial charge in [0.1, 0.15) is 0 Å². The number of imide groups is 1. The van der Waals surface area contributed by atoms with E-state index in [4.69, 9.17) is 5.11 Å². The number of aliphatic hydroxyl groups is 1. The molecule has 0 saturated heterocycles. The van der Waals surface area contributed by atoms with E-state index in [2.05, 4.69) is 15.5 Å². The third-order valence-corrected chi connectivity index (χ3v) is 3.61. The normalized spacial score (nSPS) is 14.9. The number of nitrogens with one attached hydrogen (secondary N) is 2. The van der Waals surface area contributed by atoms with Gasteiger partial charge in [0.25, 0.3) is 0 Å². The van der Waals surface area contributed by atoms with Gasteiger partial charge in [-0.1, -0.05) is 19.8 Å². The molecule has 0 heterocycles. The van der Waals surface area contributed by atoms with E-state index in [0.29, 0.717) is 25.6 Å². The highest BCUT2D eigenvalue weighted by atomic mass is 16.3. The minimum absolute atomic E-state index is 0.127. The zero-order chi connectivity index (χ0) is 14.8. The Morgan fingerprint density at radius 2 is 2.05 bits per heavy atom. The van der Waals surface area contributed by atoms with Crippen LogP contribution in [0.4, 0.5) is 4.79 Å². The molecule has 0 aromatic carbocycles. The van der Waals surface area contributed by atoms with Crippen LogP contribution in [0.1, 0.15) is 45.4 Å². The molecule has 1 saturated carbocycles. The van der Waals surface area contributed by atoms with Crippen LogP contribution in [0.25, 0.3) is 0 Å². The molecular weight excluding hydrogens is 258 g/mol. The van der Waals surface area contributed by atoms with Crippen LogP contribution < -0.4 is 10.6 Å². The number of carbonyl (C=O) groups is 2. The Kier molecular flexibility index (Phi) is 8.22. The Bertz CT molecular complexity index is 306. The van der Waals surface area contributed by atoms with E-state index < -0.39 is 6.03 Å². The number of nitrogens with zero attached hydrogens (tertiary/aromatic N) is 1. The molecule has 116 valence electrons. The predicted octanol–water partition coefficient (Wildman–Crippen LogP) is 0.849. The molecule has 3 amide bonds. The molecule has 0 aromatic heterocycles. The Labute approximate surface area is 120 Å². The second-order valence-electron chi connectivity index (χ2n) is 5.29. The van der Waals surface area contributed by atoms with Gasteiger partial charge in [0.2, 0.25) is 5.91 Å². The molecular formula is C14H27N3O3. The largest absolute Gasteiger partial charge is 0.396 e. The van der Waals surface area contributed by atoms with Crippen LogP contribution in [-0.4, -0.2) is 54.2 Å². The quantitative estimate of drug-likeness (QED) is 0.549. The maximum Gasteiger partial charge on any atom is 0.321 e. The van der Waals surface area contributed by atoms with Crippen LogP contribution in [-0.2, 0) is 4.79 Å². The van der Waals surface area contributed by atoms with Crippen LogP contribution in [0.5, 0.6) is 0 Å². The molecule has 0 spiro atoms. The first-order chi connectivity index (χ1) is 9.67. The predicted molar refractivity (Wildman–Crippen MR) is 77.4 cm³/mol. The van der Waals surface area contributed by atoms with Crippen molar-refractivity contribution in [3.05, 3.63) is 0 Å². The molecule has 3 N–H and O–H groups in total. The van der Waals surface area contributed by atoms with Crippen molar-refractivity contribution < 1.29 is 14.7 Å². The van der Waals surface area contributed by atoms with Crippen LogP contribution in [0, 0.1) is 0 Å². The maximum atomic E-state index is 11.8. The zero-order valence-corrected chi connectivity index (χ0v) is 12.4. The van der Waals surface area contributed by atoms with Gasteiger partial charge in [-0.25, -0.2) is 4.79 Å². The Morgan fingerprint density at radius 3 is 2.60 bits per heavy atom. The molecule has 1 fully saturated rings. The molecule has 20 heavy (non-hydrogen) atoms. The lowest BCUT2D eigenvalue weighted by molar-refractivity contribution is -0.122. The smallest absolute Gasteiger partial charge is 0.321 e. The summed E-state index contributed by atoms with van der Waals surface area (Å²) in [5.74, 6) is -0.274. The fourth-order valence-corrected chi connectivity index (χ4v) is 2.19. The summed E-state index contributed by atoms with van der Waals surface area (Å²) in [4.78, 5) is 25.4. The molecule has 6 nitrogen and oxygen atoms in total. The van der Waals surface area contributed by atoms with Gasteiger partial charge in [0.15, 0.2) is 0 Å². The lowest BCUT2D eigenvalue weighted by Crippen LogP contribution is -2.49. The second kappa shape index (κ2) is 9.72. The summed E-state index contributed by atoms with van der Waals surface area (Å²) < 4.78 is 0. The van der Waals surface area contributed by atoms with Gasteiger partial charge in [0, 0.05) is 25.7 Å². The van der Waals surface area contributed by atoms with Crippen molar-refractivity contribution in [1.82, 2.24) is 15.5 Å². The molecule has 0 bridgehead atoms. The van der Waals surface area contributed by atoms with Gasteiger partial charge in [0.05, 0.1) is 6.54 Å². The molecule has 6 heteroatoms. The monoisotopic (exact) mass is 285 g/mol. The van der Waals surface area contributed by atoms with E-state index in [1.165, 1.54) is 6.42 Å². The number of unbranched alkanes of at least 4 members (excludes halogenated alkanes) is 1. The Balaban J connectivity index is 2.27. The average Bonchev–Trinajstić information content (AvgIpc) is 2.33. The van der Waals surface area contributed by atoms with Crippen molar-refractivity contribution in [2.45, 2.75) is 51.5 Å². The van der Waals surface area contributed by atoms with Crippen molar-refractivity contribution in [3.63, 3.8) is 0 Å². The summed E-state index contributed by atoms with van der Waals surface area (Å²) in [5.41, 5.74) is 0. The second-order valence-corrected chi connectivity index (χ2v) is 5.29. The number of aliphatic hydroxyl groups excluding tert-OH is 1. The molecule has 0 atom stereocenters. The topological polar surface area (TPSA) is 81.7 Å². The summed E-state index contributed by atoms with van der Waals surface area (Å²) in [6.07, 6.45) is 5.96.